The number of benzene rings is 2. The summed E-state index contributed by atoms with van der Waals surface area (Å²) in [7, 11) is 3.12. The lowest BCUT2D eigenvalue weighted by Crippen LogP contribution is -2.05. The van der Waals surface area contributed by atoms with E-state index in [1.807, 2.05) is 18.2 Å². The molecule has 0 amide bonds. The molecule has 1 heterocycles. The summed E-state index contributed by atoms with van der Waals surface area (Å²) in [5.41, 5.74) is 3.34. The van der Waals surface area contributed by atoms with Crippen molar-refractivity contribution in [3.63, 3.8) is 0 Å². The number of ether oxygens (including phenoxy) is 3. The van der Waals surface area contributed by atoms with Crippen molar-refractivity contribution in [2.24, 2.45) is 0 Å². The van der Waals surface area contributed by atoms with Crippen molar-refractivity contribution in [3.05, 3.63) is 58.7 Å². The first-order valence-corrected chi connectivity index (χ1v) is 6.69. The second kappa shape index (κ2) is 5.58. The van der Waals surface area contributed by atoms with Crippen molar-refractivity contribution in [3.8, 4) is 11.5 Å². The summed E-state index contributed by atoms with van der Waals surface area (Å²) in [6, 6.07) is 10.9. The maximum absolute atomic E-state index is 12.7. The molecule has 2 aromatic carbocycles. The lowest BCUT2D eigenvalue weighted by Gasteiger charge is -2.10. The highest BCUT2D eigenvalue weighted by atomic mass is 16.5. The van der Waals surface area contributed by atoms with E-state index in [0.29, 0.717) is 35.8 Å². The molecule has 0 unspecified atom stereocenters. The Morgan fingerprint density at radius 2 is 1.81 bits per heavy atom. The predicted octanol–water partition coefficient (Wildman–Crippen LogP) is 2.97. The second-order valence-corrected chi connectivity index (χ2v) is 4.87. The molecule has 3 rings (SSSR count). The van der Waals surface area contributed by atoms with Gasteiger partial charge in [0.05, 0.1) is 33.0 Å². The smallest absolute Gasteiger partial charge is 0.196 e. The highest BCUT2D eigenvalue weighted by Crippen LogP contribution is 2.28. The molecule has 4 nitrogen and oxygen atoms in total. The molecule has 0 aliphatic carbocycles. The molecule has 4 heteroatoms. The molecule has 21 heavy (non-hydrogen) atoms. The average Bonchev–Trinajstić information content (AvgIpc) is 3.01. The summed E-state index contributed by atoms with van der Waals surface area (Å²) in [5.74, 6) is 1.08. The van der Waals surface area contributed by atoms with Gasteiger partial charge in [-0.15, -0.1) is 0 Å². The molecule has 108 valence electrons. The van der Waals surface area contributed by atoms with Gasteiger partial charge in [0.15, 0.2) is 5.78 Å². The minimum Gasteiger partial charge on any atom is -0.497 e. The highest BCUT2D eigenvalue weighted by Gasteiger charge is 2.18. The summed E-state index contributed by atoms with van der Waals surface area (Å²) in [6.45, 7) is 1.18. The van der Waals surface area contributed by atoms with E-state index in [0.717, 1.165) is 11.1 Å². The van der Waals surface area contributed by atoms with Gasteiger partial charge in [-0.1, -0.05) is 12.1 Å². The van der Waals surface area contributed by atoms with E-state index in [1.165, 1.54) is 0 Å². The second-order valence-electron chi connectivity index (χ2n) is 4.87. The summed E-state index contributed by atoms with van der Waals surface area (Å²) < 4.78 is 15.8. The first kappa shape index (κ1) is 13.6. The van der Waals surface area contributed by atoms with E-state index in [9.17, 15) is 4.79 Å². The van der Waals surface area contributed by atoms with Gasteiger partial charge in [0.1, 0.15) is 11.5 Å². The van der Waals surface area contributed by atoms with E-state index in [-0.39, 0.29) is 5.78 Å². The molecule has 0 atom stereocenters. The normalized spacial score (nSPS) is 12.9. The zero-order valence-corrected chi connectivity index (χ0v) is 12.0. The summed E-state index contributed by atoms with van der Waals surface area (Å²) in [4.78, 5) is 12.7. The third-order valence-electron chi connectivity index (χ3n) is 3.63. The Kier molecular flexibility index (Phi) is 3.62. The molecule has 0 fully saturated rings. The first-order valence-electron chi connectivity index (χ1n) is 6.69. The van der Waals surface area contributed by atoms with Crippen LogP contribution in [0.4, 0.5) is 0 Å². The largest absolute Gasteiger partial charge is 0.497 e. The van der Waals surface area contributed by atoms with Crippen LogP contribution in [0, 0.1) is 0 Å². The quantitative estimate of drug-likeness (QED) is 0.810. The van der Waals surface area contributed by atoms with E-state index < -0.39 is 0 Å². The topological polar surface area (TPSA) is 44.8 Å². The number of methoxy groups -OCH3 is 2. The van der Waals surface area contributed by atoms with Crippen molar-refractivity contribution < 1.29 is 19.0 Å². The van der Waals surface area contributed by atoms with Gasteiger partial charge >= 0.3 is 0 Å². The molecular formula is C17H16O4. The van der Waals surface area contributed by atoms with Crippen molar-refractivity contribution in [2.75, 3.05) is 14.2 Å². The van der Waals surface area contributed by atoms with Crippen LogP contribution in [0.25, 0.3) is 0 Å². The standard InChI is InChI=1S/C17H16O4/c1-19-14-5-6-16(20-2)15(8-14)17(18)11-3-4-12-9-21-10-13(12)7-11/h3-8H,9-10H2,1-2H3. The number of fused-ring (bicyclic) bond motifs is 1. The maximum atomic E-state index is 12.7. The molecule has 0 spiro atoms. The van der Waals surface area contributed by atoms with Gasteiger partial charge in [0.2, 0.25) is 0 Å². The van der Waals surface area contributed by atoms with Gasteiger partial charge in [-0.25, -0.2) is 0 Å². The maximum Gasteiger partial charge on any atom is 0.196 e. The summed E-state index contributed by atoms with van der Waals surface area (Å²) in [6.07, 6.45) is 0. The van der Waals surface area contributed by atoms with Crippen LogP contribution in [-0.2, 0) is 18.0 Å². The third kappa shape index (κ3) is 2.50. The van der Waals surface area contributed by atoms with E-state index in [1.54, 1.807) is 32.4 Å². The van der Waals surface area contributed by atoms with Crippen LogP contribution in [-0.4, -0.2) is 20.0 Å². The van der Waals surface area contributed by atoms with Crippen molar-refractivity contribution in [1.82, 2.24) is 0 Å². The Labute approximate surface area is 123 Å². The molecule has 2 aromatic rings. The van der Waals surface area contributed by atoms with E-state index in [2.05, 4.69) is 0 Å². The predicted molar refractivity (Wildman–Crippen MR) is 77.9 cm³/mol. The molecule has 0 saturated heterocycles. The Bertz CT molecular complexity index is 691. The fourth-order valence-corrected chi connectivity index (χ4v) is 2.46. The Morgan fingerprint density at radius 1 is 1.00 bits per heavy atom. The van der Waals surface area contributed by atoms with Crippen molar-refractivity contribution in [2.45, 2.75) is 13.2 Å². The van der Waals surface area contributed by atoms with Crippen LogP contribution in [0.5, 0.6) is 11.5 Å². The number of hydrogen-bond acceptors (Lipinski definition) is 4. The fraction of sp³-hybridized carbons (Fsp3) is 0.235. The Balaban J connectivity index is 2.01. The Morgan fingerprint density at radius 3 is 2.57 bits per heavy atom. The van der Waals surface area contributed by atoms with Crippen LogP contribution >= 0.6 is 0 Å². The zero-order valence-electron chi connectivity index (χ0n) is 12.0. The minimum absolute atomic E-state index is 0.0829. The number of carbonyl (C=O) groups excluding carboxylic acids is 1. The lowest BCUT2D eigenvalue weighted by atomic mass is 9.98. The summed E-state index contributed by atoms with van der Waals surface area (Å²) in [5, 5.41) is 0. The van der Waals surface area contributed by atoms with E-state index in [4.69, 9.17) is 14.2 Å². The fourth-order valence-electron chi connectivity index (χ4n) is 2.46. The van der Waals surface area contributed by atoms with Gasteiger partial charge < -0.3 is 14.2 Å². The van der Waals surface area contributed by atoms with Crippen LogP contribution in [0.15, 0.2) is 36.4 Å². The summed E-state index contributed by atoms with van der Waals surface area (Å²) >= 11 is 0. The monoisotopic (exact) mass is 284 g/mol. The van der Waals surface area contributed by atoms with Gasteiger partial charge in [0.25, 0.3) is 0 Å². The molecule has 0 bridgehead atoms. The molecule has 0 aromatic heterocycles. The number of ketones is 1. The molecule has 0 N–H and O–H groups in total. The SMILES string of the molecule is COc1ccc(OC)c(C(=O)c2ccc3c(c2)COC3)c1. The third-order valence-corrected chi connectivity index (χ3v) is 3.63. The van der Waals surface area contributed by atoms with Crippen molar-refractivity contribution in [1.29, 1.82) is 0 Å². The number of rotatable bonds is 4. The van der Waals surface area contributed by atoms with Gasteiger partial charge in [-0.05, 0) is 35.4 Å². The Hall–Kier alpha value is -2.33. The van der Waals surface area contributed by atoms with Gasteiger partial charge in [0, 0.05) is 5.56 Å². The molecular weight excluding hydrogens is 268 g/mol. The molecule has 0 radical (unpaired) electrons. The number of carbonyl (C=O) groups is 1. The average molecular weight is 284 g/mol. The molecule has 1 aliphatic rings. The van der Waals surface area contributed by atoms with Crippen LogP contribution in [0.1, 0.15) is 27.0 Å². The number of hydrogen-bond donors (Lipinski definition) is 0. The zero-order chi connectivity index (χ0) is 14.8. The highest BCUT2D eigenvalue weighted by molar-refractivity contribution is 6.11. The molecule has 1 aliphatic heterocycles. The first-order chi connectivity index (χ1) is 10.2. The minimum atomic E-state index is -0.0829. The lowest BCUT2D eigenvalue weighted by molar-refractivity contribution is 0.103. The molecule has 0 saturated carbocycles. The van der Waals surface area contributed by atoms with Crippen molar-refractivity contribution >= 4 is 5.78 Å². The van der Waals surface area contributed by atoms with Crippen LogP contribution < -0.4 is 9.47 Å². The van der Waals surface area contributed by atoms with Crippen LogP contribution in [0.3, 0.4) is 0 Å². The van der Waals surface area contributed by atoms with Gasteiger partial charge in [-0.3, -0.25) is 4.79 Å². The van der Waals surface area contributed by atoms with Gasteiger partial charge in [-0.2, -0.15) is 0 Å². The van der Waals surface area contributed by atoms with E-state index >= 15 is 0 Å². The van der Waals surface area contributed by atoms with Crippen LogP contribution in [0.2, 0.25) is 0 Å².